The fourth-order valence-corrected chi connectivity index (χ4v) is 2.25. The Kier molecular flexibility index (Phi) is 2.57. The molecule has 2 aromatic rings. The topological polar surface area (TPSA) is 29.5 Å². The Morgan fingerprint density at radius 2 is 1.71 bits per heavy atom. The highest BCUT2D eigenvalue weighted by Gasteiger charge is 2.29. The van der Waals surface area contributed by atoms with Crippen LogP contribution in [-0.2, 0) is 6.42 Å². The lowest BCUT2D eigenvalue weighted by Crippen LogP contribution is -2.22. The van der Waals surface area contributed by atoms with E-state index >= 15 is 0 Å². The van der Waals surface area contributed by atoms with Gasteiger partial charge >= 0.3 is 0 Å². The fraction of sp³-hybridized carbons (Fsp3) is 0.200. The molecule has 2 atom stereocenters. The highest BCUT2D eigenvalue weighted by atomic mass is 16.5. The van der Waals surface area contributed by atoms with E-state index < -0.39 is 6.10 Å². The summed E-state index contributed by atoms with van der Waals surface area (Å²) in [6.07, 6.45) is 0.0325. The first-order valence-electron chi connectivity index (χ1n) is 5.82. The second kappa shape index (κ2) is 4.22. The normalized spacial score (nSPS) is 19.5. The van der Waals surface area contributed by atoms with E-state index in [9.17, 15) is 5.11 Å². The van der Waals surface area contributed by atoms with E-state index in [0.717, 1.165) is 17.7 Å². The largest absolute Gasteiger partial charge is 0.487 e. The second-order valence-electron chi connectivity index (χ2n) is 4.32. The molecule has 1 N–H and O–H groups in total. The lowest BCUT2D eigenvalue weighted by molar-refractivity contribution is 0.0492. The van der Waals surface area contributed by atoms with Crippen LogP contribution in [0.25, 0.3) is 0 Å². The van der Waals surface area contributed by atoms with Crippen LogP contribution in [0.15, 0.2) is 54.6 Å². The minimum Gasteiger partial charge on any atom is -0.487 e. The zero-order valence-corrected chi connectivity index (χ0v) is 9.41. The van der Waals surface area contributed by atoms with Gasteiger partial charge in [-0.15, -0.1) is 0 Å². The van der Waals surface area contributed by atoms with Gasteiger partial charge in [-0.05, 0) is 17.2 Å². The van der Waals surface area contributed by atoms with Crippen molar-refractivity contribution in [3.8, 4) is 5.75 Å². The lowest BCUT2D eigenvalue weighted by atomic mass is 10.0. The number of aliphatic hydroxyl groups excluding tert-OH is 1. The third-order valence-corrected chi connectivity index (χ3v) is 3.17. The Morgan fingerprint density at radius 1 is 1.00 bits per heavy atom. The molecule has 1 heterocycles. The summed E-state index contributed by atoms with van der Waals surface area (Å²) in [5.74, 6) is 0.896. The van der Waals surface area contributed by atoms with Crippen LogP contribution in [0, 0.1) is 0 Å². The van der Waals surface area contributed by atoms with Gasteiger partial charge in [0.1, 0.15) is 18.0 Å². The van der Waals surface area contributed by atoms with Crippen molar-refractivity contribution in [3.05, 3.63) is 65.7 Å². The quantitative estimate of drug-likeness (QED) is 0.853. The van der Waals surface area contributed by atoms with Gasteiger partial charge in [0.15, 0.2) is 0 Å². The van der Waals surface area contributed by atoms with Gasteiger partial charge in [-0.2, -0.15) is 0 Å². The molecule has 1 aliphatic heterocycles. The Balaban J connectivity index is 1.81. The van der Waals surface area contributed by atoms with Crippen LogP contribution in [0.2, 0.25) is 0 Å². The minimum atomic E-state index is -0.566. The summed E-state index contributed by atoms with van der Waals surface area (Å²) in [7, 11) is 0. The van der Waals surface area contributed by atoms with Crippen molar-refractivity contribution < 1.29 is 9.84 Å². The van der Waals surface area contributed by atoms with Crippen molar-refractivity contribution in [2.45, 2.75) is 18.6 Å². The molecule has 17 heavy (non-hydrogen) atoms. The average Bonchev–Trinajstić information content (AvgIpc) is 2.82. The van der Waals surface area contributed by atoms with E-state index in [4.69, 9.17) is 4.74 Å². The molecular weight excluding hydrogens is 212 g/mol. The molecule has 0 radical (unpaired) electrons. The Hall–Kier alpha value is -1.80. The fourth-order valence-electron chi connectivity index (χ4n) is 2.25. The van der Waals surface area contributed by atoms with E-state index in [2.05, 4.69) is 0 Å². The van der Waals surface area contributed by atoms with Crippen LogP contribution in [0.1, 0.15) is 17.2 Å². The molecule has 0 spiro atoms. The highest BCUT2D eigenvalue weighted by Crippen LogP contribution is 2.33. The Bertz CT molecular complexity index is 482. The minimum absolute atomic E-state index is 0.171. The van der Waals surface area contributed by atoms with Gasteiger partial charge in [0, 0.05) is 6.42 Å². The molecule has 0 aliphatic carbocycles. The summed E-state index contributed by atoms with van der Waals surface area (Å²) < 4.78 is 5.77. The lowest BCUT2D eigenvalue weighted by Gasteiger charge is -2.18. The number of rotatable bonds is 2. The van der Waals surface area contributed by atoms with Gasteiger partial charge in [-0.3, -0.25) is 0 Å². The molecule has 0 saturated carbocycles. The number of para-hydroxylation sites is 1. The second-order valence-corrected chi connectivity index (χ2v) is 4.32. The molecule has 2 nitrogen and oxygen atoms in total. The summed E-state index contributed by atoms with van der Waals surface area (Å²) in [5.41, 5.74) is 2.08. The van der Waals surface area contributed by atoms with Crippen LogP contribution < -0.4 is 4.74 Å². The number of hydrogen-bond donors (Lipinski definition) is 1. The van der Waals surface area contributed by atoms with Gasteiger partial charge in [0.2, 0.25) is 0 Å². The maximum absolute atomic E-state index is 10.3. The molecule has 2 unspecified atom stereocenters. The smallest absolute Gasteiger partial charge is 0.133 e. The first-order chi connectivity index (χ1) is 8.34. The third-order valence-electron chi connectivity index (χ3n) is 3.17. The van der Waals surface area contributed by atoms with E-state index in [1.807, 2.05) is 54.6 Å². The van der Waals surface area contributed by atoms with Crippen molar-refractivity contribution in [1.82, 2.24) is 0 Å². The van der Waals surface area contributed by atoms with Crippen LogP contribution >= 0.6 is 0 Å². The molecule has 0 amide bonds. The molecule has 0 fully saturated rings. The molecule has 0 saturated heterocycles. The van der Waals surface area contributed by atoms with Crippen LogP contribution in [0.3, 0.4) is 0 Å². The molecule has 0 aromatic heterocycles. The molecule has 86 valence electrons. The summed E-state index contributed by atoms with van der Waals surface area (Å²) in [6.45, 7) is 0. The van der Waals surface area contributed by atoms with Crippen LogP contribution in [0.4, 0.5) is 0 Å². The SMILES string of the molecule is OC(c1ccccc1)C1Cc2ccccc2O1. The number of aliphatic hydroxyl groups is 1. The predicted molar refractivity (Wildman–Crippen MR) is 66.0 cm³/mol. The summed E-state index contributed by atoms with van der Waals surface area (Å²) in [5, 5.41) is 10.3. The van der Waals surface area contributed by atoms with Gasteiger partial charge in [-0.1, -0.05) is 48.5 Å². The van der Waals surface area contributed by atoms with E-state index in [-0.39, 0.29) is 6.10 Å². The van der Waals surface area contributed by atoms with Crippen LogP contribution in [-0.4, -0.2) is 11.2 Å². The molecular formula is C15H14O2. The van der Waals surface area contributed by atoms with Crippen molar-refractivity contribution in [2.75, 3.05) is 0 Å². The monoisotopic (exact) mass is 226 g/mol. The van der Waals surface area contributed by atoms with Gasteiger partial charge in [-0.25, -0.2) is 0 Å². The van der Waals surface area contributed by atoms with E-state index in [1.54, 1.807) is 0 Å². The number of ether oxygens (including phenoxy) is 1. The maximum Gasteiger partial charge on any atom is 0.133 e. The first kappa shape index (κ1) is 10.4. The molecule has 3 rings (SSSR count). The standard InChI is InChI=1S/C15H14O2/c16-15(11-6-2-1-3-7-11)14-10-12-8-4-5-9-13(12)17-14/h1-9,14-16H,10H2. The van der Waals surface area contributed by atoms with E-state index in [0.29, 0.717) is 0 Å². The maximum atomic E-state index is 10.3. The van der Waals surface area contributed by atoms with Crippen molar-refractivity contribution in [2.24, 2.45) is 0 Å². The Morgan fingerprint density at radius 3 is 2.47 bits per heavy atom. The van der Waals surface area contributed by atoms with E-state index in [1.165, 1.54) is 5.56 Å². The summed E-state index contributed by atoms with van der Waals surface area (Å²) in [4.78, 5) is 0. The zero-order valence-electron chi connectivity index (χ0n) is 9.41. The number of benzene rings is 2. The predicted octanol–water partition coefficient (Wildman–Crippen LogP) is 2.72. The van der Waals surface area contributed by atoms with Gasteiger partial charge in [0.25, 0.3) is 0 Å². The molecule has 2 aromatic carbocycles. The van der Waals surface area contributed by atoms with Crippen molar-refractivity contribution >= 4 is 0 Å². The summed E-state index contributed by atoms with van der Waals surface area (Å²) in [6, 6.07) is 17.6. The molecule has 2 heteroatoms. The van der Waals surface area contributed by atoms with Crippen LogP contribution in [0.5, 0.6) is 5.75 Å². The molecule has 0 bridgehead atoms. The third kappa shape index (κ3) is 1.92. The Labute approximate surface area is 100 Å². The zero-order chi connectivity index (χ0) is 11.7. The number of fused-ring (bicyclic) bond motifs is 1. The average molecular weight is 226 g/mol. The number of hydrogen-bond acceptors (Lipinski definition) is 2. The summed E-state index contributed by atoms with van der Waals surface area (Å²) >= 11 is 0. The first-order valence-corrected chi connectivity index (χ1v) is 5.82. The highest BCUT2D eigenvalue weighted by molar-refractivity contribution is 5.38. The molecule has 1 aliphatic rings. The van der Waals surface area contributed by atoms with Crippen molar-refractivity contribution in [3.63, 3.8) is 0 Å². The van der Waals surface area contributed by atoms with Gasteiger partial charge < -0.3 is 9.84 Å². The van der Waals surface area contributed by atoms with Crippen molar-refractivity contribution in [1.29, 1.82) is 0 Å². The van der Waals surface area contributed by atoms with Gasteiger partial charge in [0.05, 0.1) is 0 Å².